The minimum Gasteiger partial charge on any atom is -0.375 e. The van der Waals surface area contributed by atoms with Gasteiger partial charge in [-0.2, -0.15) is 0 Å². The van der Waals surface area contributed by atoms with Crippen LogP contribution in [0.3, 0.4) is 0 Å². The van der Waals surface area contributed by atoms with E-state index < -0.39 is 0 Å². The van der Waals surface area contributed by atoms with Crippen molar-refractivity contribution in [1.82, 2.24) is 4.90 Å². The average Bonchev–Trinajstić information content (AvgIpc) is 2.49. The molecule has 4 nitrogen and oxygen atoms in total. The van der Waals surface area contributed by atoms with E-state index in [1.807, 2.05) is 18.2 Å². The number of benzene rings is 1. The highest BCUT2D eigenvalue weighted by Crippen LogP contribution is 2.16. The van der Waals surface area contributed by atoms with Crippen LogP contribution in [0.25, 0.3) is 0 Å². The number of nitrogens with two attached hydrogens (primary N) is 1. The third kappa shape index (κ3) is 3.96. The van der Waals surface area contributed by atoms with Gasteiger partial charge in [-0.05, 0) is 24.8 Å². The number of rotatable bonds is 4. The molecular weight excluding hydrogens is 238 g/mol. The highest BCUT2D eigenvalue weighted by molar-refractivity contribution is 5.78. The minimum atomic E-state index is -0.0236. The van der Waals surface area contributed by atoms with Gasteiger partial charge >= 0.3 is 0 Å². The van der Waals surface area contributed by atoms with E-state index in [1.54, 1.807) is 7.11 Å². The number of piperidine rings is 1. The maximum atomic E-state index is 6.05. The fraction of sp³-hybridized carbons (Fsp3) is 0.533. The molecule has 1 aliphatic rings. The summed E-state index contributed by atoms with van der Waals surface area (Å²) >= 11 is 0. The molecule has 19 heavy (non-hydrogen) atoms. The van der Waals surface area contributed by atoms with Crippen LogP contribution in [0.5, 0.6) is 0 Å². The summed E-state index contributed by atoms with van der Waals surface area (Å²) in [5.74, 6) is 0.651. The van der Waals surface area contributed by atoms with Crippen molar-refractivity contribution >= 4 is 5.96 Å². The quantitative estimate of drug-likeness (QED) is 0.667. The zero-order valence-electron chi connectivity index (χ0n) is 11.6. The zero-order chi connectivity index (χ0) is 13.5. The van der Waals surface area contributed by atoms with E-state index in [1.165, 1.54) is 19.3 Å². The Bertz CT molecular complexity index is 399. The standard InChI is InChI=1S/C15H23N3O/c1-19-14(13-8-4-2-5-9-13)12-17-15(16)18-10-6-3-7-11-18/h2,4-5,8-9,14H,3,6-7,10-12H2,1H3,(H2,16,17). The summed E-state index contributed by atoms with van der Waals surface area (Å²) in [6, 6.07) is 10.1. The number of ether oxygens (including phenoxy) is 1. The van der Waals surface area contributed by atoms with E-state index in [4.69, 9.17) is 10.5 Å². The lowest BCUT2D eigenvalue weighted by Gasteiger charge is -2.27. The number of hydrogen-bond donors (Lipinski definition) is 1. The number of likely N-dealkylation sites (tertiary alicyclic amines) is 1. The predicted octanol–water partition coefficient (Wildman–Crippen LogP) is 2.17. The van der Waals surface area contributed by atoms with Crippen LogP contribution >= 0.6 is 0 Å². The molecule has 4 heteroatoms. The highest BCUT2D eigenvalue weighted by atomic mass is 16.5. The zero-order valence-corrected chi connectivity index (χ0v) is 11.6. The van der Waals surface area contributed by atoms with E-state index in [-0.39, 0.29) is 6.10 Å². The van der Waals surface area contributed by atoms with Crippen molar-refractivity contribution in [3.05, 3.63) is 35.9 Å². The Morgan fingerprint density at radius 2 is 1.95 bits per heavy atom. The Hall–Kier alpha value is -1.55. The van der Waals surface area contributed by atoms with Gasteiger partial charge in [-0.1, -0.05) is 30.3 Å². The molecule has 1 aromatic carbocycles. The summed E-state index contributed by atoms with van der Waals surface area (Å²) < 4.78 is 5.49. The molecular formula is C15H23N3O. The number of methoxy groups -OCH3 is 1. The van der Waals surface area contributed by atoms with Crippen LogP contribution in [0, 0.1) is 0 Å². The minimum absolute atomic E-state index is 0.0236. The molecule has 0 spiro atoms. The number of hydrogen-bond acceptors (Lipinski definition) is 2. The molecule has 2 N–H and O–H groups in total. The molecule has 1 atom stereocenters. The molecule has 1 aliphatic heterocycles. The second-order valence-corrected chi connectivity index (χ2v) is 4.88. The first-order chi connectivity index (χ1) is 9.31. The predicted molar refractivity (Wildman–Crippen MR) is 78.1 cm³/mol. The van der Waals surface area contributed by atoms with Crippen molar-refractivity contribution in [2.24, 2.45) is 10.7 Å². The molecule has 1 fully saturated rings. The summed E-state index contributed by atoms with van der Waals surface area (Å²) in [4.78, 5) is 6.66. The Labute approximate surface area is 115 Å². The summed E-state index contributed by atoms with van der Waals surface area (Å²) in [5.41, 5.74) is 7.19. The Kier molecular flexibility index (Phi) is 5.21. The molecule has 2 rings (SSSR count). The van der Waals surface area contributed by atoms with Crippen molar-refractivity contribution in [3.63, 3.8) is 0 Å². The third-order valence-corrected chi connectivity index (χ3v) is 3.56. The number of nitrogens with zero attached hydrogens (tertiary/aromatic N) is 2. The van der Waals surface area contributed by atoms with E-state index >= 15 is 0 Å². The van der Waals surface area contributed by atoms with Gasteiger partial charge < -0.3 is 15.4 Å². The van der Waals surface area contributed by atoms with Crippen LogP contribution in [0.2, 0.25) is 0 Å². The lowest BCUT2D eigenvalue weighted by molar-refractivity contribution is 0.110. The van der Waals surface area contributed by atoms with Crippen molar-refractivity contribution in [2.45, 2.75) is 25.4 Å². The molecule has 0 aromatic heterocycles. The molecule has 0 amide bonds. The van der Waals surface area contributed by atoms with Gasteiger partial charge in [-0.15, -0.1) is 0 Å². The number of aliphatic imine (C=N–C) groups is 1. The summed E-state index contributed by atoms with van der Waals surface area (Å²) in [6.07, 6.45) is 3.70. The van der Waals surface area contributed by atoms with Gasteiger partial charge in [0.05, 0.1) is 6.54 Å². The van der Waals surface area contributed by atoms with E-state index in [2.05, 4.69) is 22.0 Å². The van der Waals surface area contributed by atoms with Gasteiger partial charge in [0.1, 0.15) is 6.10 Å². The molecule has 0 saturated carbocycles. The monoisotopic (exact) mass is 261 g/mol. The maximum absolute atomic E-state index is 6.05. The molecule has 0 radical (unpaired) electrons. The topological polar surface area (TPSA) is 50.9 Å². The van der Waals surface area contributed by atoms with E-state index in [0.29, 0.717) is 12.5 Å². The van der Waals surface area contributed by atoms with E-state index in [0.717, 1.165) is 18.7 Å². The van der Waals surface area contributed by atoms with Crippen LogP contribution in [-0.2, 0) is 4.74 Å². The Morgan fingerprint density at radius 3 is 2.58 bits per heavy atom. The van der Waals surface area contributed by atoms with Gasteiger partial charge in [-0.25, -0.2) is 0 Å². The second kappa shape index (κ2) is 7.14. The first-order valence-electron chi connectivity index (χ1n) is 6.94. The summed E-state index contributed by atoms with van der Waals surface area (Å²) in [7, 11) is 1.71. The van der Waals surface area contributed by atoms with Crippen LogP contribution in [0.15, 0.2) is 35.3 Å². The molecule has 1 heterocycles. The molecule has 0 aliphatic carbocycles. The second-order valence-electron chi connectivity index (χ2n) is 4.88. The first-order valence-corrected chi connectivity index (χ1v) is 6.94. The van der Waals surface area contributed by atoms with Gasteiger partial charge in [0.2, 0.25) is 0 Å². The molecule has 104 valence electrons. The Morgan fingerprint density at radius 1 is 1.26 bits per heavy atom. The SMILES string of the molecule is COC(CN=C(N)N1CCCCC1)c1ccccc1. The summed E-state index contributed by atoms with van der Waals surface area (Å²) in [6.45, 7) is 2.62. The Balaban J connectivity index is 1.95. The van der Waals surface area contributed by atoms with Crippen molar-refractivity contribution < 1.29 is 4.74 Å². The normalized spacial score (nSPS) is 18.4. The third-order valence-electron chi connectivity index (χ3n) is 3.56. The van der Waals surface area contributed by atoms with Crippen molar-refractivity contribution in [1.29, 1.82) is 0 Å². The smallest absolute Gasteiger partial charge is 0.191 e. The fourth-order valence-electron chi connectivity index (χ4n) is 2.38. The largest absolute Gasteiger partial charge is 0.375 e. The van der Waals surface area contributed by atoms with Crippen molar-refractivity contribution in [3.8, 4) is 0 Å². The highest BCUT2D eigenvalue weighted by Gasteiger charge is 2.13. The fourth-order valence-corrected chi connectivity index (χ4v) is 2.38. The molecule has 0 bridgehead atoms. The summed E-state index contributed by atoms with van der Waals surface area (Å²) in [5, 5.41) is 0. The molecule has 1 saturated heterocycles. The average molecular weight is 261 g/mol. The lowest BCUT2D eigenvalue weighted by atomic mass is 10.1. The van der Waals surface area contributed by atoms with Crippen LogP contribution in [0.1, 0.15) is 30.9 Å². The van der Waals surface area contributed by atoms with E-state index in [9.17, 15) is 0 Å². The van der Waals surface area contributed by atoms with Gasteiger partial charge in [0.15, 0.2) is 5.96 Å². The maximum Gasteiger partial charge on any atom is 0.191 e. The van der Waals surface area contributed by atoms with Crippen LogP contribution < -0.4 is 5.73 Å². The molecule has 1 aromatic rings. The van der Waals surface area contributed by atoms with Crippen LogP contribution in [-0.4, -0.2) is 37.6 Å². The van der Waals surface area contributed by atoms with Crippen LogP contribution in [0.4, 0.5) is 0 Å². The number of guanidine groups is 1. The van der Waals surface area contributed by atoms with Gasteiger partial charge in [0, 0.05) is 20.2 Å². The first kappa shape index (κ1) is 13.9. The molecule has 1 unspecified atom stereocenters. The van der Waals surface area contributed by atoms with Gasteiger partial charge in [0.25, 0.3) is 0 Å². The van der Waals surface area contributed by atoms with Crippen molar-refractivity contribution in [2.75, 3.05) is 26.7 Å². The van der Waals surface area contributed by atoms with Gasteiger partial charge in [-0.3, -0.25) is 4.99 Å². The lowest BCUT2D eigenvalue weighted by Crippen LogP contribution is -2.41.